The summed E-state index contributed by atoms with van der Waals surface area (Å²) in [5, 5.41) is 2.76. The minimum absolute atomic E-state index is 0.00207. The Morgan fingerprint density at radius 1 is 1.18 bits per heavy atom. The SMILES string of the molecule is C[C@H](NC(=O)/C=C/c1ccc(F)c(Cl)c1)c1ccc(F)cc1. The molecular formula is C17H14ClF2NO. The van der Waals surface area contributed by atoms with Gasteiger partial charge in [0.25, 0.3) is 0 Å². The van der Waals surface area contributed by atoms with Crippen LogP contribution in [-0.2, 0) is 4.79 Å². The van der Waals surface area contributed by atoms with Crippen molar-refractivity contribution in [3.05, 3.63) is 76.3 Å². The lowest BCUT2D eigenvalue weighted by Crippen LogP contribution is -2.24. The van der Waals surface area contributed by atoms with Crippen molar-refractivity contribution in [1.82, 2.24) is 5.32 Å². The highest BCUT2D eigenvalue weighted by Gasteiger charge is 2.07. The molecule has 1 amide bonds. The first kappa shape index (κ1) is 16.2. The van der Waals surface area contributed by atoms with E-state index in [1.807, 2.05) is 0 Å². The Hall–Kier alpha value is -2.20. The van der Waals surface area contributed by atoms with Crippen LogP contribution in [0.15, 0.2) is 48.5 Å². The molecule has 0 saturated heterocycles. The third kappa shape index (κ3) is 4.40. The van der Waals surface area contributed by atoms with Gasteiger partial charge in [-0.05, 0) is 48.4 Å². The molecule has 0 bridgehead atoms. The minimum atomic E-state index is -0.506. The third-order valence-corrected chi connectivity index (χ3v) is 3.39. The van der Waals surface area contributed by atoms with Crippen molar-refractivity contribution >= 4 is 23.6 Å². The summed E-state index contributed by atoms with van der Waals surface area (Å²) in [4.78, 5) is 11.8. The molecule has 2 nitrogen and oxygen atoms in total. The van der Waals surface area contributed by atoms with Crippen LogP contribution in [0.2, 0.25) is 5.02 Å². The molecular weight excluding hydrogens is 308 g/mol. The Morgan fingerprint density at radius 3 is 2.50 bits per heavy atom. The molecule has 1 atom stereocenters. The monoisotopic (exact) mass is 321 g/mol. The molecule has 0 aliphatic rings. The lowest BCUT2D eigenvalue weighted by atomic mass is 10.1. The van der Waals surface area contributed by atoms with Gasteiger partial charge in [-0.15, -0.1) is 0 Å². The number of amides is 1. The Morgan fingerprint density at radius 2 is 1.86 bits per heavy atom. The smallest absolute Gasteiger partial charge is 0.244 e. The molecule has 0 aromatic heterocycles. The van der Waals surface area contributed by atoms with Gasteiger partial charge in [0.15, 0.2) is 0 Å². The van der Waals surface area contributed by atoms with Gasteiger partial charge in [-0.25, -0.2) is 8.78 Å². The summed E-state index contributed by atoms with van der Waals surface area (Å²) in [5.74, 6) is -1.14. The average Bonchev–Trinajstić information content (AvgIpc) is 2.49. The maximum absolute atomic E-state index is 13.0. The van der Waals surface area contributed by atoms with Crippen molar-refractivity contribution in [1.29, 1.82) is 0 Å². The number of rotatable bonds is 4. The molecule has 2 rings (SSSR count). The zero-order chi connectivity index (χ0) is 16.1. The second-order valence-electron chi connectivity index (χ2n) is 4.79. The maximum Gasteiger partial charge on any atom is 0.244 e. The van der Waals surface area contributed by atoms with Gasteiger partial charge >= 0.3 is 0 Å². The van der Waals surface area contributed by atoms with Crippen LogP contribution in [0.5, 0.6) is 0 Å². The predicted octanol–water partition coefficient (Wildman–Crippen LogP) is 4.51. The molecule has 0 aliphatic carbocycles. The summed E-state index contributed by atoms with van der Waals surface area (Å²) in [7, 11) is 0. The van der Waals surface area contributed by atoms with Gasteiger partial charge in [0.1, 0.15) is 11.6 Å². The number of hydrogen-bond donors (Lipinski definition) is 1. The molecule has 0 radical (unpaired) electrons. The fraction of sp³-hybridized carbons (Fsp3) is 0.118. The molecule has 2 aromatic rings. The maximum atomic E-state index is 13.0. The normalized spacial score (nSPS) is 12.4. The van der Waals surface area contributed by atoms with E-state index in [0.29, 0.717) is 5.56 Å². The number of carbonyl (C=O) groups is 1. The predicted molar refractivity (Wildman–Crippen MR) is 83.4 cm³/mol. The van der Waals surface area contributed by atoms with Crippen LogP contribution in [0.1, 0.15) is 24.1 Å². The van der Waals surface area contributed by atoms with Gasteiger partial charge < -0.3 is 5.32 Å². The largest absolute Gasteiger partial charge is 0.346 e. The van der Waals surface area contributed by atoms with Crippen molar-refractivity contribution in [2.75, 3.05) is 0 Å². The van der Waals surface area contributed by atoms with E-state index >= 15 is 0 Å². The molecule has 1 N–H and O–H groups in total. The fourth-order valence-electron chi connectivity index (χ4n) is 1.88. The highest BCUT2D eigenvalue weighted by molar-refractivity contribution is 6.30. The Kier molecular flexibility index (Phi) is 5.28. The second kappa shape index (κ2) is 7.18. The van der Waals surface area contributed by atoms with E-state index in [2.05, 4.69) is 5.32 Å². The number of hydrogen-bond acceptors (Lipinski definition) is 1. The van der Waals surface area contributed by atoms with Gasteiger partial charge in [0, 0.05) is 6.08 Å². The summed E-state index contributed by atoms with van der Waals surface area (Å²) in [6.45, 7) is 1.80. The summed E-state index contributed by atoms with van der Waals surface area (Å²) in [6.07, 6.45) is 2.88. The van der Waals surface area contributed by atoms with E-state index in [0.717, 1.165) is 5.56 Å². The van der Waals surface area contributed by atoms with Crippen molar-refractivity contribution < 1.29 is 13.6 Å². The highest BCUT2D eigenvalue weighted by atomic mass is 35.5. The molecule has 0 saturated carbocycles. The number of nitrogens with one attached hydrogen (secondary N) is 1. The lowest BCUT2D eigenvalue weighted by molar-refractivity contribution is -0.117. The quantitative estimate of drug-likeness (QED) is 0.825. The molecule has 5 heteroatoms. The Bertz CT molecular complexity index is 698. The highest BCUT2D eigenvalue weighted by Crippen LogP contribution is 2.17. The summed E-state index contributed by atoms with van der Waals surface area (Å²) in [6, 6.07) is 9.85. The number of benzene rings is 2. The van der Waals surface area contributed by atoms with Gasteiger partial charge in [0.2, 0.25) is 5.91 Å². The van der Waals surface area contributed by atoms with Crippen molar-refractivity contribution in [2.24, 2.45) is 0 Å². The van der Waals surface area contributed by atoms with Crippen LogP contribution >= 0.6 is 11.6 Å². The number of carbonyl (C=O) groups excluding carboxylic acids is 1. The zero-order valence-electron chi connectivity index (χ0n) is 11.8. The standard InChI is InChI=1S/C17H14ClF2NO/c1-11(13-4-6-14(19)7-5-13)21-17(22)9-3-12-2-8-16(20)15(18)10-12/h2-11H,1H3,(H,21,22)/b9-3+/t11-/m0/s1. The molecule has 0 unspecified atom stereocenters. The second-order valence-corrected chi connectivity index (χ2v) is 5.20. The van der Waals surface area contributed by atoms with Crippen molar-refractivity contribution in [2.45, 2.75) is 13.0 Å². The minimum Gasteiger partial charge on any atom is -0.346 e. The molecule has 114 valence electrons. The van der Waals surface area contributed by atoms with E-state index in [4.69, 9.17) is 11.6 Å². The average molecular weight is 322 g/mol. The van der Waals surface area contributed by atoms with Gasteiger partial charge in [-0.3, -0.25) is 4.79 Å². The van der Waals surface area contributed by atoms with Crippen LogP contribution in [0.3, 0.4) is 0 Å². The van der Waals surface area contributed by atoms with Gasteiger partial charge in [-0.1, -0.05) is 29.8 Å². The van der Waals surface area contributed by atoms with Gasteiger partial charge in [-0.2, -0.15) is 0 Å². The summed E-state index contributed by atoms with van der Waals surface area (Å²) < 4.78 is 25.9. The van der Waals surface area contributed by atoms with Crippen molar-refractivity contribution in [3.63, 3.8) is 0 Å². The van der Waals surface area contributed by atoms with Crippen LogP contribution in [-0.4, -0.2) is 5.91 Å². The summed E-state index contributed by atoms with van der Waals surface area (Å²) >= 11 is 5.67. The van der Waals surface area contributed by atoms with Gasteiger partial charge in [0.05, 0.1) is 11.1 Å². The Balaban J connectivity index is 1.98. The van der Waals surface area contributed by atoms with E-state index in [1.165, 1.54) is 42.5 Å². The molecule has 0 aliphatic heterocycles. The lowest BCUT2D eigenvalue weighted by Gasteiger charge is -2.12. The van der Waals surface area contributed by atoms with E-state index < -0.39 is 5.82 Å². The third-order valence-electron chi connectivity index (χ3n) is 3.10. The van der Waals surface area contributed by atoms with E-state index in [-0.39, 0.29) is 22.8 Å². The van der Waals surface area contributed by atoms with Crippen LogP contribution < -0.4 is 5.32 Å². The molecule has 0 fully saturated rings. The first-order valence-electron chi connectivity index (χ1n) is 6.65. The topological polar surface area (TPSA) is 29.1 Å². The van der Waals surface area contributed by atoms with Crippen LogP contribution in [0.25, 0.3) is 6.08 Å². The molecule has 2 aromatic carbocycles. The first-order valence-corrected chi connectivity index (χ1v) is 7.02. The van der Waals surface area contributed by atoms with E-state index in [1.54, 1.807) is 19.1 Å². The van der Waals surface area contributed by atoms with E-state index in [9.17, 15) is 13.6 Å². The van der Waals surface area contributed by atoms with Crippen LogP contribution in [0, 0.1) is 11.6 Å². The molecule has 0 heterocycles. The zero-order valence-corrected chi connectivity index (χ0v) is 12.6. The number of halogens is 3. The van der Waals surface area contributed by atoms with Crippen molar-refractivity contribution in [3.8, 4) is 0 Å². The first-order chi connectivity index (χ1) is 10.5. The fourth-order valence-corrected chi connectivity index (χ4v) is 2.07. The Labute approximate surface area is 132 Å². The van der Waals surface area contributed by atoms with Crippen LogP contribution in [0.4, 0.5) is 8.78 Å². The summed E-state index contributed by atoms with van der Waals surface area (Å²) in [5.41, 5.74) is 1.42. The molecule has 0 spiro atoms. The molecule has 22 heavy (non-hydrogen) atoms.